The van der Waals surface area contributed by atoms with E-state index in [2.05, 4.69) is 6.58 Å². The summed E-state index contributed by atoms with van der Waals surface area (Å²) in [6.45, 7) is 10.1. The molecule has 138 valence electrons. The predicted octanol–water partition coefficient (Wildman–Crippen LogP) is 3.74. The van der Waals surface area contributed by atoms with Gasteiger partial charge in [0.25, 0.3) is 5.91 Å². The second-order valence-corrected chi connectivity index (χ2v) is 6.04. The Morgan fingerprint density at radius 3 is 2.54 bits per heavy atom. The lowest BCUT2D eigenvalue weighted by Crippen LogP contribution is -2.28. The zero-order valence-corrected chi connectivity index (χ0v) is 15.6. The number of carbonyl (C=O) groups is 1. The monoisotopic (exact) mass is 354 g/mol. The molecule has 1 amide bonds. The topological polar surface area (TPSA) is 62.6 Å². The first-order chi connectivity index (χ1) is 12.6. The van der Waals surface area contributed by atoms with E-state index in [0.717, 1.165) is 24.0 Å². The molecular weight excluding hydrogens is 328 g/mol. The number of carbonyl (C=O) groups excluding carboxylic acids is 1. The Bertz CT molecular complexity index is 726. The summed E-state index contributed by atoms with van der Waals surface area (Å²) < 4.78 is 11.5. The van der Waals surface area contributed by atoms with Gasteiger partial charge >= 0.3 is 0 Å². The Morgan fingerprint density at radius 2 is 1.96 bits per heavy atom. The third-order valence-corrected chi connectivity index (χ3v) is 4.16. The fraction of sp³-hybridized carbons (Fsp3) is 0.429. The number of hydrogen-bond acceptors (Lipinski definition) is 4. The minimum Gasteiger partial charge on any atom is -0.490 e. The van der Waals surface area contributed by atoms with Crippen molar-refractivity contribution in [2.75, 3.05) is 26.3 Å². The number of likely N-dealkylation sites (tertiary alicyclic amines) is 1. The minimum absolute atomic E-state index is 0.142. The number of rotatable bonds is 8. The van der Waals surface area contributed by atoms with Gasteiger partial charge in [0, 0.05) is 18.7 Å². The zero-order valence-electron chi connectivity index (χ0n) is 15.6. The van der Waals surface area contributed by atoms with Gasteiger partial charge in [-0.1, -0.05) is 6.08 Å². The summed E-state index contributed by atoms with van der Waals surface area (Å²) >= 11 is 0. The Kier molecular flexibility index (Phi) is 7.28. The van der Waals surface area contributed by atoms with Crippen molar-refractivity contribution in [3.63, 3.8) is 0 Å². The molecule has 1 aliphatic rings. The van der Waals surface area contributed by atoms with E-state index < -0.39 is 0 Å². The van der Waals surface area contributed by atoms with Crippen molar-refractivity contribution in [2.24, 2.45) is 0 Å². The summed E-state index contributed by atoms with van der Waals surface area (Å²) in [6, 6.07) is 5.78. The van der Waals surface area contributed by atoms with Crippen LogP contribution in [0, 0.1) is 11.3 Å². The lowest BCUT2D eigenvalue weighted by atomic mass is 10.0. The van der Waals surface area contributed by atoms with Crippen molar-refractivity contribution in [1.29, 1.82) is 5.26 Å². The van der Waals surface area contributed by atoms with Crippen LogP contribution in [0.5, 0.6) is 11.5 Å². The zero-order chi connectivity index (χ0) is 18.9. The van der Waals surface area contributed by atoms with Gasteiger partial charge in [0.15, 0.2) is 11.5 Å². The third kappa shape index (κ3) is 4.66. The third-order valence-electron chi connectivity index (χ3n) is 4.16. The van der Waals surface area contributed by atoms with Crippen molar-refractivity contribution in [1.82, 2.24) is 4.90 Å². The standard InChI is InChI=1S/C21H26N2O3/c1-4-9-17-12-16(14-19(25-5-2)20(17)26-6-3)13-18(15-22)21(24)23-10-7-8-11-23/h4,12-14H,1,5-11H2,2-3H3/b18-13+. The minimum atomic E-state index is -0.206. The number of ether oxygens (including phenoxy) is 2. The number of allylic oxidation sites excluding steroid dienone is 1. The molecule has 5 heteroatoms. The maximum atomic E-state index is 12.5. The van der Waals surface area contributed by atoms with Crippen LogP contribution in [0.15, 0.2) is 30.4 Å². The molecule has 1 aromatic rings. The van der Waals surface area contributed by atoms with Crippen molar-refractivity contribution < 1.29 is 14.3 Å². The van der Waals surface area contributed by atoms with Crippen LogP contribution >= 0.6 is 0 Å². The molecule has 1 fully saturated rings. The normalized spacial score (nSPS) is 14.0. The highest BCUT2D eigenvalue weighted by atomic mass is 16.5. The maximum Gasteiger partial charge on any atom is 0.264 e. The van der Waals surface area contributed by atoms with Gasteiger partial charge in [0.05, 0.1) is 13.2 Å². The first kappa shape index (κ1) is 19.6. The summed E-state index contributed by atoms with van der Waals surface area (Å²) in [5.74, 6) is 1.10. The smallest absolute Gasteiger partial charge is 0.264 e. The Morgan fingerprint density at radius 1 is 1.27 bits per heavy atom. The van der Waals surface area contributed by atoms with Gasteiger partial charge in [-0.3, -0.25) is 4.79 Å². The summed E-state index contributed by atoms with van der Waals surface area (Å²) in [4.78, 5) is 14.3. The van der Waals surface area contributed by atoms with E-state index in [4.69, 9.17) is 9.47 Å². The van der Waals surface area contributed by atoms with Crippen molar-refractivity contribution >= 4 is 12.0 Å². The molecule has 0 radical (unpaired) electrons. The number of amides is 1. The molecule has 0 saturated carbocycles. The van der Waals surface area contributed by atoms with E-state index in [1.165, 1.54) is 0 Å². The van der Waals surface area contributed by atoms with Crippen LogP contribution in [0.4, 0.5) is 0 Å². The van der Waals surface area contributed by atoms with Gasteiger partial charge in [-0.25, -0.2) is 0 Å². The summed E-state index contributed by atoms with van der Waals surface area (Å²) in [7, 11) is 0. The second-order valence-electron chi connectivity index (χ2n) is 6.04. The number of nitrogens with zero attached hydrogens (tertiary/aromatic N) is 2. The number of benzene rings is 1. The molecule has 1 saturated heterocycles. The van der Waals surface area contributed by atoms with Crippen LogP contribution in [0.3, 0.4) is 0 Å². The van der Waals surface area contributed by atoms with Gasteiger partial charge in [-0.05, 0) is 56.9 Å². The van der Waals surface area contributed by atoms with Crippen molar-refractivity contribution in [3.05, 3.63) is 41.5 Å². The fourth-order valence-corrected chi connectivity index (χ4v) is 3.04. The molecule has 26 heavy (non-hydrogen) atoms. The Labute approximate surface area is 155 Å². The molecule has 1 aromatic carbocycles. The molecule has 0 N–H and O–H groups in total. The lowest BCUT2D eigenvalue weighted by Gasteiger charge is -2.17. The fourth-order valence-electron chi connectivity index (χ4n) is 3.04. The van der Waals surface area contributed by atoms with Gasteiger partial charge in [-0.2, -0.15) is 5.26 Å². The quantitative estimate of drug-likeness (QED) is 0.405. The van der Waals surface area contributed by atoms with Crippen LogP contribution in [0.2, 0.25) is 0 Å². The highest BCUT2D eigenvalue weighted by Gasteiger charge is 2.22. The van der Waals surface area contributed by atoms with Crippen LogP contribution in [0.25, 0.3) is 6.08 Å². The van der Waals surface area contributed by atoms with E-state index in [0.29, 0.717) is 44.2 Å². The molecule has 2 rings (SSSR count). The first-order valence-electron chi connectivity index (χ1n) is 9.09. The van der Waals surface area contributed by atoms with Gasteiger partial charge in [0.1, 0.15) is 11.6 Å². The molecule has 1 aliphatic heterocycles. The first-order valence-corrected chi connectivity index (χ1v) is 9.09. The van der Waals surface area contributed by atoms with Crippen LogP contribution in [0.1, 0.15) is 37.8 Å². The van der Waals surface area contributed by atoms with Gasteiger partial charge in [0.2, 0.25) is 0 Å². The van der Waals surface area contributed by atoms with Crippen molar-refractivity contribution in [3.8, 4) is 17.6 Å². The maximum absolute atomic E-state index is 12.5. The summed E-state index contributed by atoms with van der Waals surface area (Å²) in [6.07, 6.45) is 6.02. The molecule has 0 aliphatic carbocycles. The van der Waals surface area contributed by atoms with Gasteiger partial charge < -0.3 is 14.4 Å². The highest BCUT2D eigenvalue weighted by molar-refractivity contribution is 6.01. The molecule has 0 bridgehead atoms. The molecule has 0 atom stereocenters. The van der Waals surface area contributed by atoms with Crippen LogP contribution in [-0.4, -0.2) is 37.1 Å². The highest BCUT2D eigenvalue weighted by Crippen LogP contribution is 2.34. The predicted molar refractivity (Wildman–Crippen MR) is 102 cm³/mol. The molecule has 0 aromatic heterocycles. The van der Waals surface area contributed by atoms with Crippen LogP contribution < -0.4 is 9.47 Å². The molecule has 0 unspecified atom stereocenters. The number of nitriles is 1. The van der Waals surface area contributed by atoms with E-state index in [1.54, 1.807) is 17.1 Å². The van der Waals surface area contributed by atoms with E-state index in [9.17, 15) is 10.1 Å². The molecule has 0 spiro atoms. The summed E-state index contributed by atoms with van der Waals surface area (Å²) in [5, 5.41) is 9.46. The van der Waals surface area contributed by atoms with Gasteiger partial charge in [-0.15, -0.1) is 6.58 Å². The molecule has 5 nitrogen and oxygen atoms in total. The van der Waals surface area contributed by atoms with E-state index in [1.807, 2.05) is 32.0 Å². The van der Waals surface area contributed by atoms with Crippen LogP contribution in [-0.2, 0) is 11.2 Å². The van der Waals surface area contributed by atoms with E-state index >= 15 is 0 Å². The number of hydrogen-bond donors (Lipinski definition) is 0. The Balaban J connectivity index is 2.44. The molecular formula is C21H26N2O3. The lowest BCUT2D eigenvalue weighted by molar-refractivity contribution is -0.125. The molecule has 1 heterocycles. The SMILES string of the molecule is C=CCc1cc(/C=C(\C#N)C(=O)N2CCCC2)cc(OCC)c1OCC. The van der Waals surface area contributed by atoms with Crippen molar-refractivity contribution in [2.45, 2.75) is 33.1 Å². The second kappa shape index (κ2) is 9.67. The largest absolute Gasteiger partial charge is 0.490 e. The summed E-state index contributed by atoms with van der Waals surface area (Å²) in [5.41, 5.74) is 1.81. The van der Waals surface area contributed by atoms with E-state index in [-0.39, 0.29) is 11.5 Å². The average molecular weight is 354 g/mol. The Hall–Kier alpha value is -2.74. The average Bonchev–Trinajstić information content (AvgIpc) is 3.17.